The summed E-state index contributed by atoms with van der Waals surface area (Å²) in [7, 11) is 0. The molecule has 1 N–H and O–H groups in total. The Labute approximate surface area is 207 Å². The zero-order valence-electron chi connectivity index (χ0n) is 19.9. The molecule has 1 saturated carbocycles. The normalized spacial score (nSPS) is 19.5. The van der Waals surface area contributed by atoms with Crippen LogP contribution >= 0.6 is 0 Å². The van der Waals surface area contributed by atoms with E-state index in [2.05, 4.69) is 44.5 Å². The Kier molecular flexibility index (Phi) is 7.15. The third-order valence-corrected chi connectivity index (χ3v) is 7.42. The second-order valence-electron chi connectivity index (χ2n) is 9.62. The summed E-state index contributed by atoms with van der Waals surface area (Å²) in [6, 6.07) is 18.1. The highest BCUT2D eigenvalue weighted by atomic mass is 16.2. The van der Waals surface area contributed by atoms with Crippen LogP contribution in [0.5, 0.6) is 0 Å². The number of hydrogen-bond donors (Lipinski definition) is 1. The zero-order chi connectivity index (χ0) is 24.0. The Morgan fingerprint density at radius 3 is 2.26 bits per heavy atom. The summed E-state index contributed by atoms with van der Waals surface area (Å²) in [5, 5.41) is 13.0. The molecule has 6 heteroatoms. The van der Waals surface area contributed by atoms with Crippen LogP contribution in [0.3, 0.4) is 0 Å². The third kappa shape index (κ3) is 5.11. The van der Waals surface area contributed by atoms with Gasteiger partial charge in [0.25, 0.3) is 0 Å². The molecule has 1 saturated heterocycles. The van der Waals surface area contributed by atoms with Gasteiger partial charge in [-0.1, -0.05) is 37.1 Å². The lowest BCUT2D eigenvalue weighted by Gasteiger charge is -2.38. The monoisotopic (exact) mass is 465 g/mol. The highest BCUT2D eigenvalue weighted by Crippen LogP contribution is 2.43. The molecule has 0 radical (unpaired) electrons. The number of nitrogens with one attached hydrogen (secondary N) is 1. The Morgan fingerprint density at radius 1 is 0.943 bits per heavy atom. The smallest absolute Gasteiger partial charge is 0.237 e. The summed E-state index contributed by atoms with van der Waals surface area (Å²) in [6.45, 7) is 0.821. The number of benzene rings is 1. The summed E-state index contributed by atoms with van der Waals surface area (Å²) in [4.78, 5) is 24.7. The number of likely N-dealkylation sites (tertiary alicyclic amines) is 1. The van der Waals surface area contributed by atoms with E-state index in [9.17, 15) is 10.1 Å². The van der Waals surface area contributed by atoms with Gasteiger partial charge in [-0.05, 0) is 73.2 Å². The first kappa shape index (κ1) is 23.2. The SMILES string of the molecule is N#Cc1cccc(C(C(c2cccnc2)c2cccnc2)N2CCCC2C(=O)NC2CCCC2)c1. The molecule has 3 heterocycles. The maximum Gasteiger partial charge on any atom is 0.237 e. The van der Waals surface area contributed by atoms with E-state index < -0.39 is 0 Å². The van der Waals surface area contributed by atoms with Gasteiger partial charge in [-0.3, -0.25) is 19.7 Å². The van der Waals surface area contributed by atoms with Gasteiger partial charge in [0, 0.05) is 42.8 Å². The van der Waals surface area contributed by atoms with Crippen LogP contribution in [0.1, 0.15) is 72.7 Å². The number of rotatable bonds is 7. The Balaban J connectivity index is 1.59. The van der Waals surface area contributed by atoms with E-state index in [0.29, 0.717) is 5.56 Å². The molecule has 2 unspecified atom stereocenters. The van der Waals surface area contributed by atoms with Crippen LogP contribution in [0, 0.1) is 11.3 Å². The van der Waals surface area contributed by atoms with Gasteiger partial charge in [-0.25, -0.2) is 0 Å². The van der Waals surface area contributed by atoms with Crippen LogP contribution in [0.4, 0.5) is 0 Å². The second-order valence-corrected chi connectivity index (χ2v) is 9.62. The molecule has 35 heavy (non-hydrogen) atoms. The van der Waals surface area contributed by atoms with Crippen molar-refractivity contribution in [3.05, 3.63) is 95.6 Å². The number of nitrogens with zero attached hydrogens (tertiary/aromatic N) is 4. The summed E-state index contributed by atoms with van der Waals surface area (Å²) in [6.07, 6.45) is 13.7. The Morgan fingerprint density at radius 2 is 1.63 bits per heavy atom. The van der Waals surface area contributed by atoms with Gasteiger partial charge in [0.15, 0.2) is 0 Å². The molecule has 1 aliphatic carbocycles. The number of amides is 1. The summed E-state index contributed by atoms with van der Waals surface area (Å²) < 4.78 is 0. The van der Waals surface area contributed by atoms with Gasteiger partial charge >= 0.3 is 0 Å². The van der Waals surface area contributed by atoms with Crippen molar-refractivity contribution in [3.8, 4) is 6.07 Å². The van der Waals surface area contributed by atoms with Gasteiger partial charge in [0.2, 0.25) is 5.91 Å². The van der Waals surface area contributed by atoms with Crippen LogP contribution in [-0.2, 0) is 4.79 Å². The number of carbonyl (C=O) groups is 1. The van der Waals surface area contributed by atoms with Crippen molar-refractivity contribution in [2.24, 2.45) is 0 Å². The van der Waals surface area contributed by atoms with Crippen molar-refractivity contribution in [2.75, 3.05) is 6.54 Å². The predicted molar refractivity (Wildman–Crippen MR) is 134 cm³/mol. The zero-order valence-corrected chi connectivity index (χ0v) is 19.9. The van der Waals surface area contributed by atoms with Crippen LogP contribution in [-0.4, -0.2) is 39.4 Å². The molecular formula is C29H31N5O. The fraction of sp³-hybridized carbons (Fsp3) is 0.379. The number of aromatic nitrogens is 2. The predicted octanol–water partition coefficient (Wildman–Crippen LogP) is 4.74. The number of pyridine rings is 2. The van der Waals surface area contributed by atoms with Gasteiger partial charge in [-0.15, -0.1) is 0 Å². The van der Waals surface area contributed by atoms with Gasteiger partial charge in [-0.2, -0.15) is 5.26 Å². The summed E-state index contributed by atoms with van der Waals surface area (Å²) in [5.41, 5.74) is 3.78. The lowest BCUT2D eigenvalue weighted by Crippen LogP contribution is -2.48. The molecule has 2 atom stereocenters. The third-order valence-electron chi connectivity index (χ3n) is 7.42. The van der Waals surface area contributed by atoms with Crippen LogP contribution in [0.25, 0.3) is 0 Å². The fourth-order valence-electron chi connectivity index (χ4n) is 5.82. The van der Waals surface area contributed by atoms with Crippen LogP contribution in [0.2, 0.25) is 0 Å². The van der Waals surface area contributed by atoms with E-state index in [4.69, 9.17) is 0 Å². The van der Waals surface area contributed by atoms with E-state index in [-0.39, 0.29) is 30.0 Å². The van der Waals surface area contributed by atoms with E-state index in [1.54, 1.807) is 12.4 Å². The number of nitriles is 1. The summed E-state index contributed by atoms with van der Waals surface area (Å²) >= 11 is 0. The molecule has 2 fully saturated rings. The number of carbonyl (C=O) groups excluding carboxylic acids is 1. The quantitative estimate of drug-likeness (QED) is 0.545. The van der Waals surface area contributed by atoms with E-state index in [0.717, 1.165) is 48.9 Å². The minimum absolute atomic E-state index is 0.0915. The molecule has 1 aromatic carbocycles. The average molecular weight is 466 g/mol. The first-order valence-electron chi connectivity index (χ1n) is 12.6. The van der Waals surface area contributed by atoms with E-state index in [1.165, 1.54) is 12.8 Å². The largest absolute Gasteiger partial charge is 0.352 e. The Bertz CT molecular complexity index is 1130. The van der Waals surface area contributed by atoms with Gasteiger partial charge < -0.3 is 5.32 Å². The van der Waals surface area contributed by atoms with Gasteiger partial charge in [0.1, 0.15) is 0 Å². The molecule has 6 nitrogen and oxygen atoms in total. The summed E-state index contributed by atoms with van der Waals surface area (Å²) in [5.74, 6) is 0.0400. The molecule has 3 aromatic rings. The molecule has 0 spiro atoms. The van der Waals surface area contributed by atoms with Crippen molar-refractivity contribution < 1.29 is 4.79 Å². The van der Waals surface area contributed by atoms with Crippen molar-refractivity contribution in [3.63, 3.8) is 0 Å². The molecule has 5 rings (SSSR count). The molecule has 2 aromatic heterocycles. The van der Waals surface area contributed by atoms with Crippen molar-refractivity contribution in [1.82, 2.24) is 20.2 Å². The van der Waals surface area contributed by atoms with Crippen molar-refractivity contribution in [2.45, 2.75) is 62.6 Å². The van der Waals surface area contributed by atoms with E-state index in [1.807, 2.05) is 42.7 Å². The van der Waals surface area contributed by atoms with E-state index >= 15 is 0 Å². The minimum atomic E-state index is -0.206. The highest BCUT2D eigenvalue weighted by molar-refractivity contribution is 5.82. The Hall–Kier alpha value is -3.56. The second kappa shape index (κ2) is 10.8. The standard InChI is InChI=1S/C29H31N5O/c30-18-21-7-3-8-22(17-21)28(27(23-9-4-14-31-19-23)24-10-5-15-32-20-24)34-16-6-13-26(34)29(35)33-25-11-1-2-12-25/h3-5,7-10,14-15,17,19-20,25-28H,1-2,6,11-13,16H2,(H,33,35). The van der Waals surface area contributed by atoms with Crippen molar-refractivity contribution in [1.29, 1.82) is 5.26 Å². The average Bonchev–Trinajstić information content (AvgIpc) is 3.61. The maximum atomic E-state index is 13.5. The molecule has 1 amide bonds. The molecule has 0 bridgehead atoms. The first-order chi connectivity index (χ1) is 17.2. The van der Waals surface area contributed by atoms with Crippen LogP contribution < -0.4 is 5.32 Å². The number of hydrogen-bond acceptors (Lipinski definition) is 5. The topological polar surface area (TPSA) is 81.9 Å². The van der Waals surface area contributed by atoms with Crippen LogP contribution in [0.15, 0.2) is 73.3 Å². The molecular weight excluding hydrogens is 434 g/mol. The lowest BCUT2D eigenvalue weighted by atomic mass is 9.81. The van der Waals surface area contributed by atoms with Gasteiger partial charge in [0.05, 0.1) is 17.7 Å². The highest BCUT2D eigenvalue weighted by Gasteiger charge is 2.41. The minimum Gasteiger partial charge on any atom is -0.352 e. The fourth-order valence-corrected chi connectivity index (χ4v) is 5.82. The maximum absolute atomic E-state index is 13.5. The first-order valence-corrected chi connectivity index (χ1v) is 12.6. The lowest BCUT2D eigenvalue weighted by molar-refractivity contribution is -0.127. The molecule has 178 valence electrons. The molecule has 2 aliphatic rings. The van der Waals surface area contributed by atoms with Crippen molar-refractivity contribution >= 4 is 5.91 Å². The molecule has 1 aliphatic heterocycles.